The van der Waals surface area contributed by atoms with Crippen molar-refractivity contribution < 1.29 is 9.59 Å². The zero-order valence-electron chi connectivity index (χ0n) is 19.8. The molecule has 1 aliphatic carbocycles. The van der Waals surface area contributed by atoms with Gasteiger partial charge in [0.05, 0.1) is 33.9 Å². The zero-order chi connectivity index (χ0) is 25.1. The summed E-state index contributed by atoms with van der Waals surface area (Å²) in [5.41, 5.74) is 2.30. The Morgan fingerprint density at radius 2 is 1.69 bits per heavy atom. The van der Waals surface area contributed by atoms with Crippen molar-refractivity contribution >= 4 is 40.2 Å². The molecule has 1 fully saturated rings. The summed E-state index contributed by atoms with van der Waals surface area (Å²) >= 11 is 1.20. The van der Waals surface area contributed by atoms with Crippen LogP contribution in [-0.2, 0) is 4.79 Å². The van der Waals surface area contributed by atoms with Gasteiger partial charge >= 0.3 is 0 Å². The van der Waals surface area contributed by atoms with Crippen molar-refractivity contribution in [3.8, 4) is 0 Å². The number of carbonyl (C=O) groups is 2. The van der Waals surface area contributed by atoms with E-state index in [4.69, 9.17) is 4.98 Å². The molecule has 4 aromatic rings. The molecular weight excluding hydrogens is 472 g/mol. The third-order valence-electron chi connectivity index (χ3n) is 6.14. The summed E-state index contributed by atoms with van der Waals surface area (Å²) < 4.78 is 1.65. The van der Waals surface area contributed by atoms with Crippen molar-refractivity contribution in [3.63, 3.8) is 0 Å². The van der Waals surface area contributed by atoms with E-state index < -0.39 is 0 Å². The quantitative estimate of drug-likeness (QED) is 0.273. The van der Waals surface area contributed by atoms with Gasteiger partial charge < -0.3 is 10.6 Å². The molecule has 1 aromatic heterocycles. The molecule has 2 N–H and O–H groups in total. The van der Waals surface area contributed by atoms with E-state index in [2.05, 4.69) is 10.6 Å². The number of aromatic nitrogens is 2. The first-order valence-electron chi connectivity index (χ1n) is 11.9. The molecule has 1 atom stereocenters. The summed E-state index contributed by atoms with van der Waals surface area (Å²) in [6.07, 6.45) is 1.97. The number of amides is 2. The molecule has 8 heteroatoms. The molecule has 7 nitrogen and oxygen atoms in total. The van der Waals surface area contributed by atoms with Gasteiger partial charge in [0.15, 0.2) is 5.16 Å². The van der Waals surface area contributed by atoms with Crippen molar-refractivity contribution in [2.75, 3.05) is 11.1 Å². The monoisotopic (exact) mass is 498 g/mol. The molecule has 182 valence electrons. The van der Waals surface area contributed by atoms with Gasteiger partial charge in [0.1, 0.15) is 0 Å². The maximum absolute atomic E-state index is 13.5. The first-order valence-corrected chi connectivity index (χ1v) is 12.9. The van der Waals surface area contributed by atoms with Crippen molar-refractivity contribution in [1.29, 1.82) is 0 Å². The lowest BCUT2D eigenvalue weighted by molar-refractivity contribution is -0.113. The van der Waals surface area contributed by atoms with Crippen LogP contribution in [0.3, 0.4) is 0 Å². The zero-order valence-corrected chi connectivity index (χ0v) is 20.6. The van der Waals surface area contributed by atoms with Crippen molar-refractivity contribution in [3.05, 3.63) is 100 Å². The number of carbonyl (C=O) groups excluding carboxylic acids is 2. The van der Waals surface area contributed by atoms with E-state index in [0.29, 0.717) is 27.3 Å². The van der Waals surface area contributed by atoms with E-state index in [1.54, 1.807) is 41.0 Å². The smallest absolute Gasteiger partial charge is 0.262 e. The van der Waals surface area contributed by atoms with E-state index in [1.807, 2.05) is 49.4 Å². The topological polar surface area (TPSA) is 93.1 Å². The number of rotatable bonds is 8. The highest BCUT2D eigenvalue weighted by Gasteiger charge is 2.25. The third-order valence-corrected chi connectivity index (χ3v) is 7.09. The average molecular weight is 499 g/mol. The van der Waals surface area contributed by atoms with Crippen molar-refractivity contribution in [1.82, 2.24) is 14.9 Å². The van der Waals surface area contributed by atoms with Gasteiger partial charge in [-0.2, -0.15) is 0 Å². The van der Waals surface area contributed by atoms with Gasteiger partial charge in [-0.15, -0.1) is 0 Å². The van der Waals surface area contributed by atoms with Crippen LogP contribution in [0.1, 0.15) is 41.7 Å². The standard InChI is InChI=1S/C28H26N4O3S/c1-18(19-9-3-2-4-10-19)32-27(35)22-12-6-8-14-24(22)31-28(32)36-17-25(33)30-23-13-7-5-11-21(23)26(34)29-20-15-16-20/h2-14,18,20H,15-17H2,1H3,(H,29,34)(H,30,33). The lowest BCUT2D eigenvalue weighted by Crippen LogP contribution is -2.28. The highest BCUT2D eigenvalue weighted by Crippen LogP contribution is 2.26. The van der Waals surface area contributed by atoms with Crippen LogP contribution in [-0.4, -0.2) is 33.2 Å². The molecule has 2 amide bonds. The predicted octanol–water partition coefficient (Wildman–Crippen LogP) is 4.63. The van der Waals surface area contributed by atoms with Gasteiger partial charge in [0.2, 0.25) is 5.91 Å². The van der Waals surface area contributed by atoms with Crippen LogP contribution in [0.2, 0.25) is 0 Å². The van der Waals surface area contributed by atoms with Gasteiger partial charge in [-0.25, -0.2) is 4.98 Å². The van der Waals surface area contributed by atoms with E-state index in [-0.39, 0.29) is 35.2 Å². The van der Waals surface area contributed by atoms with E-state index in [9.17, 15) is 14.4 Å². The molecule has 36 heavy (non-hydrogen) atoms. The van der Waals surface area contributed by atoms with Crippen molar-refractivity contribution in [2.24, 2.45) is 0 Å². The van der Waals surface area contributed by atoms with Crippen LogP contribution in [0, 0.1) is 0 Å². The molecule has 1 heterocycles. The molecule has 0 bridgehead atoms. The summed E-state index contributed by atoms with van der Waals surface area (Å²) in [6, 6.07) is 23.9. The summed E-state index contributed by atoms with van der Waals surface area (Å²) in [6.45, 7) is 1.95. The van der Waals surface area contributed by atoms with Crippen LogP contribution in [0.4, 0.5) is 5.69 Å². The molecular formula is C28H26N4O3S. The number of hydrogen-bond acceptors (Lipinski definition) is 5. The number of para-hydroxylation sites is 2. The second-order valence-corrected chi connectivity index (χ2v) is 9.75. The van der Waals surface area contributed by atoms with Crippen molar-refractivity contribution in [2.45, 2.75) is 37.0 Å². The van der Waals surface area contributed by atoms with Crippen LogP contribution in [0.15, 0.2) is 88.8 Å². The Bertz CT molecular complexity index is 1480. The van der Waals surface area contributed by atoms with Gasteiger partial charge in [-0.05, 0) is 49.6 Å². The van der Waals surface area contributed by atoms with Crippen LogP contribution >= 0.6 is 11.8 Å². The number of nitrogens with one attached hydrogen (secondary N) is 2. The largest absolute Gasteiger partial charge is 0.349 e. The first kappa shape index (κ1) is 23.8. The third kappa shape index (κ3) is 5.18. The second kappa shape index (κ2) is 10.4. The minimum absolute atomic E-state index is 0.0326. The van der Waals surface area contributed by atoms with Gasteiger partial charge in [0, 0.05) is 6.04 Å². The molecule has 0 aliphatic heterocycles. The van der Waals surface area contributed by atoms with Gasteiger partial charge in [0.25, 0.3) is 11.5 Å². The molecule has 1 saturated carbocycles. The van der Waals surface area contributed by atoms with Crippen LogP contribution in [0.5, 0.6) is 0 Å². The number of fused-ring (bicyclic) bond motifs is 1. The fourth-order valence-electron chi connectivity index (χ4n) is 4.05. The normalized spacial score (nSPS) is 13.8. The number of hydrogen-bond donors (Lipinski definition) is 2. The summed E-state index contributed by atoms with van der Waals surface area (Å²) in [5.74, 6) is -0.444. The first-order chi connectivity index (χ1) is 17.5. The highest BCUT2D eigenvalue weighted by molar-refractivity contribution is 7.99. The van der Waals surface area contributed by atoms with E-state index >= 15 is 0 Å². The molecule has 5 rings (SSSR count). The molecule has 0 spiro atoms. The maximum Gasteiger partial charge on any atom is 0.262 e. The van der Waals surface area contributed by atoms with Crippen LogP contribution < -0.4 is 16.2 Å². The van der Waals surface area contributed by atoms with E-state index in [1.165, 1.54) is 11.8 Å². The molecule has 0 radical (unpaired) electrons. The summed E-state index contributed by atoms with van der Waals surface area (Å²) in [5, 5.41) is 6.80. The minimum Gasteiger partial charge on any atom is -0.349 e. The molecule has 1 unspecified atom stereocenters. The number of benzene rings is 3. The highest BCUT2D eigenvalue weighted by atomic mass is 32.2. The number of nitrogens with zero attached hydrogens (tertiary/aromatic N) is 2. The fourth-order valence-corrected chi connectivity index (χ4v) is 4.92. The van der Waals surface area contributed by atoms with Gasteiger partial charge in [-0.3, -0.25) is 19.0 Å². The van der Waals surface area contributed by atoms with E-state index in [0.717, 1.165) is 18.4 Å². The summed E-state index contributed by atoms with van der Waals surface area (Å²) in [7, 11) is 0. The predicted molar refractivity (Wildman–Crippen MR) is 143 cm³/mol. The summed E-state index contributed by atoms with van der Waals surface area (Å²) in [4.78, 5) is 43.7. The van der Waals surface area contributed by atoms with Crippen LogP contribution in [0.25, 0.3) is 10.9 Å². The lowest BCUT2D eigenvalue weighted by Gasteiger charge is -2.20. The Balaban J connectivity index is 1.39. The Kier molecular flexibility index (Phi) is 6.86. The second-order valence-electron chi connectivity index (χ2n) is 8.80. The Morgan fingerprint density at radius 1 is 1.00 bits per heavy atom. The Labute approximate surface area is 212 Å². The lowest BCUT2D eigenvalue weighted by atomic mass is 10.1. The number of anilines is 1. The fraction of sp³-hybridized carbons (Fsp3) is 0.214. The Morgan fingerprint density at radius 3 is 2.47 bits per heavy atom. The SMILES string of the molecule is CC(c1ccccc1)n1c(SCC(=O)Nc2ccccc2C(=O)NC2CC2)nc2ccccc2c1=O. The number of thioether (sulfide) groups is 1. The molecule has 1 aliphatic rings. The Hall–Kier alpha value is -3.91. The minimum atomic E-state index is -0.284. The maximum atomic E-state index is 13.5. The molecule has 3 aromatic carbocycles. The average Bonchev–Trinajstić information content (AvgIpc) is 3.72. The molecule has 0 saturated heterocycles. The van der Waals surface area contributed by atoms with Gasteiger partial charge in [-0.1, -0.05) is 66.4 Å².